The molecule has 6 nitrogen and oxygen atoms in total. The van der Waals surface area contributed by atoms with Gasteiger partial charge in [-0.15, -0.1) is 0 Å². The zero-order chi connectivity index (χ0) is 14.8. The number of rotatable bonds is 3. The maximum absolute atomic E-state index is 12.5. The summed E-state index contributed by atoms with van der Waals surface area (Å²) in [6.07, 6.45) is 0.978. The highest BCUT2D eigenvalue weighted by atomic mass is 32.2. The van der Waals surface area contributed by atoms with Gasteiger partial charge in [-0.05, 0) is 25.0 Å². The molecule has 0 unspecified atom stereocenters. The van der Waals surface area contributed by atoms with Crippen LogP contribution in [0.2, 0.25) is 0 Å². The number of nitriles is 1. The Labute approximate surface area is 117 Å². The molecule has 0 radical (unpaired) electrons. The maximum Gasteiger partial charge on any atom is 0.307 e. The highest BCUT2D eigenvalue weighted by Gasteiger charge is 2.34. The minimum absolute atomic E-state index is 0.0442. The molecule has 1 aromatic carbocycles. The summed E-state index contributed by atoms with van der Waals surface area (Å²) in [5.41, 5.74) is 0.0740. The quantitative estimate of drug-likeness (QED) is 0.898. The molecule has 106 valence electrons. The average Bonchev–Trinajstić information content (AvgIpc) is 2.47. The SMILES string of the molecule is N#Cc1ccccc1S(=O)(=O)N1CCC[C@@H](C(=O)O)C1. The number of hydrogen-bond donors (Lipinski definition) is 1. The number of nitrogens with zero attached hydrogens (tertiary/aromatic N) is 2. The lowest BCUT2D eigenvalue weighted by molar-refractivity contribution is -0.142. The number of hydrogen-bond acceptors (Lipinski definition) is 4. The highest BCUT2D eigenvalue weighted by molar-refractivity contribution is 7.89. The summed E-state index contributed by atoms with van der Waals surface area (Å²) in [6, 6.07) is 7.80. The van der Waals surface area contributed by atoms with Crippen molar-refractivity contribution in [3.63, 3.8) is 0 Å². The minimum Gasteiger partial charge on any atom is -0.481 e. The first-order valence-electron chi connectivity index (χ1n) is 6.19. The van der Waals surface area contributed by atoms with E-state index in [-0.39, 0.29) is 23.5 Å². The highest BCUT2D eigenvalue weighted by Crippen LogP contribution is 2.25. The average molecular weight is 294 g/mol. The maximum atomic E-state index is 12.5. The van der Waals surface area contributed by atoms with E-state index in [2.05, 4.69) is 0 Å². The van der Waals surface area contributed by atoms with Crippen LogP contribution in [0.4, 0.5) is 0 Å². The normalized spacial score (nSPS) is 20.2. The Morgan fingerprint density at radius 3 is 2.75 bits per heavy atom. The van der Waals surface area contributed by atoms with Crippen molar-refractivity contribution in [2.24, 2.45) is 5.92 Å². The molecular formula is C13H14N2O4S. The number of carboxylic acids is 1. The molecule has 1 aliphatic rings. The van der Waals surface area contributed by atoms with Gasteiger partial charge in [0, 0.05) is 13.1 Å². The lowest BCUT2D eigenvalue weighted by Gasteiger charge is -2.30. The van der Waals surface area contributed by atoms with Gasteiger partial charge in [0.05, 0.1) is 16.4 Å². The number of carbonyl (C=O) groups is 1. The van der Waals surface area contributed by atoms with Gasteiger partial charge >= 0.3 is 5.97 Å². The van der Waals surface area contributed by atoms with E-state index in [9.17, 15) is 13.2 Å². The van der Waals surface area contributed by atoms with Crippen molar-refractivity contribution < 1.29 is 18.3 Å². The Bertz CT molecular complexity index is 663. The fraction of sp³-hybridized carbons (Fsp3) is 0.385. The molecule has 0 spiro atoms. The van der Waals surface area contributed by atoms with Crippen LogP contribution in [0.15, 0.2) is 29.2 Å². The zero-order valence-corrected chi connectivity index (χ0v) is 11.5. The van der Waals surface area contributed by atoms with E-state index in [0.717, 1.165) is 4.31 Å². The number of piperidine rings is 1. The number of aliphatic carboxylic acids is 1. The van der Waals surface area contributed by atoms with Crippen molar-refractivity contribution in [3.05, 3.63) is 29.8 Å². The van der Waals surface area contributed by atoms with Crippen LogP contribution in [0.3, 0.4) is 0 Å². The van der Waals surface area contributed by atoms with Crippen LogP contribution in [0.5, 0.6) is 0 Å². The van der Waals surface area contributed by atoms with Crippen LogP contribution >= 0.6 is 0 Å². The third-order valence-electron chi connectivity index (χ3n) is 3.36. The Morgan fingerprint density at radius 1 is 1.40 bits per heavy atom. The summed E-state index contributed by atoms with van der Waals surface area (Å²) >= 11 is 0. The third kappa shape index (κ3) is 2.66. The molecule has 1 atom stereocenters. The lowest BCUT2D eigenvalue weighted by Crippen LogP contribution is -2.42. The van der Waals surface area contributed by atoms with Gasteiger partial charge in [-0.3, -0.25) is 4.79 Å². The molecule has 1 aromatic rings. The van der Waals surface area contributed by atoms with E-state index >= 15 is 0 Å². The van der Waals surface area contributed by atoms with Crippen LogP contribution in [0.25, 0.3) is 0 Å². The predicted octanol–water partition coefficient (Wildman–Crippen LogP) is 1.04. The van der Waals surface area contributed by atoms with Gasteiger partial charge in [-0.1, -0.05) is 12.1 Å². The van der Waals surface area contributed by atoms with Gasteiger partial charge < -0.3 is 5.11 Å². The van der Waals surface area contributed by atoms with Crippen LogP contribution in [0, 0.1) is 17.2 Å². The largest absolute Gasteiger partial charge is 0.481 e. The topological polar surface area (TPSA) is 98.5 Å². The number of carboxylic acid groups (broad SMARTS) is 1. The molecule has 0 bridgehead atoms. The second kappa shape index (κ2) is 5.61. The van der Waals surface area contributed by atoms with E-state index in [4.69, 9.17) is 10.4 Å². The first-order chi connectivity index (χ1) is 9.46. The molecule has 7 heteroatoms. The molecule has 0 aromatic heterocycles. The summed E-state index contributed by atoms with van der Waals surface area (Å²) in [7, 11) is -3.82. The first kappa shape index (κ1) is 14.5. The van der Waals surface area contributed by atoms with Crippen molar-refractivity contribution in [2.75, 3.05) is 13.1 Å². The van der Waals surface area contributed by atoms with Gasteiger partial charge in [-0.2, -0.15) is 9.57 Å². The molecule has 1 saturated heterocycles. The van der Waals surface area contributed by atoms with Gasteiger partial charge in [0.2, 0.25) is 10.0 Å². The number of sulfonamides is 1. The van der Waals surface area contributed by atoms with Crippen LogP contribution in [-0.2, 0) is 14.8 Å². The van der Waals surface area contributed by atoms with Gasteiger partial charge in [-0.25, -0.2) is 8.42 Å². The fourth-order valence-electron chi connectivity index (χ4n) is 2.29. The minimum atomic E-state index is -3.82. The molecule has 1 heterocycles. The van der Waals surface area contributed by atoms with Gasteiger partial charge in [0.1, 0.15) is 6.07 Å². The molecule has 0 saturated carbocycles. The zero-order valence-electron chi connectivity index (χ0n) is 10.7. The number of benzene rings is 1. The Kier molecular flexibility index (Phi) is 4.06. The van der Waals surface area contributed by atoms with Gasteiger partial charge in [0.15, 0.2) is 0 Å². The molecule has 1 aliphatic heterocycles. The molecule has 1 N–H and O–H groups in total. The van der Waals surface area contributed by atoms with Crippen molar-refractivity contribution in [3.8, 4) is 6.07 Å². The second-order valence-electron chi connectivity index (χ2n) is 4.65. The van der Waals surface area contributed by atoms with Crippen LogP contribution in [0.1, 0.15) is 18.4 Å². The second-order valence-corrected chi connectivity index (χ2v) is 6.55. The Hall–Kier alpha value is -1.91. The molecule has 2 rings (SSSR count). The molecule has 0 amide bonds. The summed E-state index contributed by atoms with van der Waals surface area (Å²) < 4.78 is 26.2. The van der Waals surface area contributed by atoms with Crippen molar-refractivity contribution >= 4 is 16.0 Å². The molecule has 20 heavy (non-hydrogen) atoms. The third-order valence-corrected chi connectivity index (χ3v) is 5.28. The summed E-state index contributed by atoms with van der Waals surface area (Å²) in [5.74, 6) is -1.67. The summed E-state index contributed by atoms with van der Waals surface area (Å²) in [4.78, 5) is 11.0. The van der Waals surface area contributed by atoms with E-state index < -0.39 is 21.9 Å². The monoisotopic (exact) mass is 294 g/mol. The van der Waals surface area contributed by atoms with Crippen LogP contribution < -0.4 is 0 Å². The molecular weight excluding hydrogens is 280 g/mol. The summed E-state index contributed by atoms with van der Waals surface area (Å²) in [6.45, 7) is 0.239. The standard InChI is InChI=1S/C13H14N2O4S/c14-8-10-4-1-2-6-12(10)20(18,19)15-7-3-5-11(9-15)13(16)17/h1-2,4,6,11H,3,5,7,9H2,(H,16,17)/t11-/m1/s1. The van der Waals surface area contributed by atoms with E-state index in [1.54, 1.807) is 12.1 Å². The van der Waals surface area contributed by atoms with Crippen molar-refractivity contribution in [1.29, 1.82) is 5.26 Å². The molecule has 0 aliphatic carbocycles. The van der Waals surface area contributed by atoms with Crippen LogP contribution in [-0.4, -0.2) is 36.9 Å². The Balaban J connectivity index is 2.35. The first-order valence-corrected chi connectivity index (χ1v) is 7.63. The van der Waals surface area contributed by atoms with E-state index in [0.29, 0.717) is 12.8 Å². The smallest absolute Gasteiger partial charge is 0.307 e. The summed E-state index contributed by atoms with van der Waals surface area (Å²) in [5, 5.41) is 18.0. The van der Waals surface area contributed by atoms with Gasteiger partial charge in [0.25, 0.3) is 0 Å². The predicted molar refractivity (Wildman–Crippen MR) is 70.3 cm³/mol. The van der Waals surface area contributed by atoms with E-state index in [1.165, 1.54) is 12.1 Å². The fourth-order valence-corrected chi connectivity index (χ4v) is 3.95. The van der Waals surface area contributed by atoms with Crippen molar-refractivity contribution in [1.82, 2.24) is 4.31 Å². The Morgan fingerprint density at radius 2 is 2.10 bits per heavy atom. The lowest BCUT2D eigenvalue weighted by atomic mass is 10.0. The van der Waals surface area contributed by atoms with Crippen molar-refractivity contribution in [2.45, 2.75) is 17.7 Å². The van der Waals surface area contributed by atoms with E-state index in [1.807, 2.05) is 6.07 Å². The molecule has 1 fully saturated rings.